The minimum Gasteiger partial charge on any atom is -0.457 e. The lowest BCUT2D eigenvalue weighted by atomic mass is 9.99. The first-order valence-electron chi connectivity index (χ1n) is 11.2. The maximum atomic E-state index is 12.7. The summed E-state index contributed by atoms with van der Waals surface area (Å²) in [5, 5.41) is 11.8. The van der Waals surface area contributed by atoms with Crippen molar-refractivity contribution in [3.05, 3.63) is 71.5 Å². The number of rotatable bonds is 6. The van der Waals surface area contributed by atoms with Crippen LogP contribution in [0.15, 0.2) is 54.7 Å². The van der Waals surface area contributed by atoms with Gasteiger partial charge in [0.25, 0.3) is 5.91 Å². The fourth-order valence-corrected chi connectivity index (χ4v) is 4.17. The van der Waals surface area contributed by atoms with Crippen molar-refractivity contribution in [3.63, 3.8) is 0 Å². The molecule has 1 fully saturated rings. The number of carbonyl (C=O) groups excluding carboxylic acids is 1. The number of nitrogens with one attached hydrogen (secondary N) is 2. The number of carbonyl (C=O) groups is 1. The average molecular weight is 442 g/mol. The molecule has 4 aromatic rings. The zero-order valence-electron chi connectivity index (χ0n) is 19.1. The van der Waals surface area contributed by atoms with Gasteiger partial charge in [0, 0.05) is 48.9 Å². The van der Waals surface area contributed by atoms with Gasteiger partial charge >= 0.3 is 0 Å². The maximum absolute atomic E-state index is 12.7. The third-order valence-electron chi connectivity index (χ3n) is 6.12. The van der Waals surface area contributed by atoms with Gasteiger partial charge in [-0.05, 0) is 55.3 Å². The first-order chi connectivity index (χ1) is 16.0. The summed E-state index contributed by atoms with van der Waals surface area (Å²) in [7, 11) is 1.94. The molecule has 7 heteroatoms. The number of hydrogen-bond acceptors (Lipinski definition) is 5. The van der Waals surface area contributed by atoms with Crippen LogP contribution < -0.4 is 15.4 Å². The van der Waals surface area contributed by atoms with Gasteiger partial charge in [-0.25, -0.2) is 0 Å². The van der Waals surface area contributed by atoms with Gasteiger partial charge in [-0.1, -0.05) is 13.0 Å². The quantitative estimate of drug-likeness (QED) is 0.473. The van der Waals surface area contributed by atoms with Crippen LogP contribution in [0.25, 0.3) is 22.2 Å². The number of nitrogens with zero attached hydrogens (tertiary/aromatic N) is 3. The predicted octanol–water partition coefficient (Wildman–Crippen LogP) is 4.00. The topological polar surface area (TPSA) is 81.1 Å². The highest BCUT2D eigenvalue weighted by molar-refractivity contribution is 5.96. The van der Waals surface area contributed by atoms with Gasteiger partial charge < -0.3 is 15.4 Å². The van der Waals surface area contributed by atoms with Crippen molar-refractivity contribution in [2.45, 2.75) is 26.3 Å². The van der Waals surface area contributed by atoms with Crippen molar-refractivity contribution >= 4 is 16.8 Å². The van der Waals surface area contributed by atoms with Gasteiger partial charge in [0.2, 0.25) is 0 Å². The molecule has 0 spiro atoms. The second kappa shape index (κ2) is 8.67. The third kappa shape index (κ3) is 4.19. The Morgan fingerprint density at radius 1 is 1.15 bits per heavy atom. The number of benzene rings is 2. The minimum absolute atomic E-state index is 0.0176. The molecule has 5 rings (SSSR count). The normalized spacial score (nSPS) is 13.7. The van der Waals surface area contributed by atoms with Crippen LogP contribution in [-0.2, 0) is 13.5 Å². The molecule has 0 aliphatic carbocycles. The summed E-state index contributed by atoms with van der Waals surface area (Å²) in [6.07, 6.45) is 2.51. The summed E-state index contributed by atoms with van der Waals surface area (Å²) in [4.78, 5) is 17.2. The summed E-state index contributed by atoms with van der Waals surface area (Å²) >= 11 is 0. The van der Waals surface area contributed by atoms with Crippen molar-refractivity contribution < 1.29 is 9.53 Å². The standard InChI is InChI=1S/C26H27N5O2/c1-4-17-11-18(5-7-22(17)26(32)29-19-14-27-15-19)24-13-21(9-10-28-24)33-20-6-8-25-23(12-20)16(2)30-31(25)3/h5-13,19,27H,4,14-15H2,1-3H3,(H,29,32). The Bertz CT molecular complexity index is 1340. The molecule has 0 bridgehead atoms. The van der Waals surface area contributed by atoms with Crippen molar-refractivity contribution in [1.29, 1.82) is 0 Å². The Hall–Kier alpha value is -3.71. The van der Waals surface area contributed by atoms with Crippen molar-refractivity contribution in [3.8, 4) is 22.8 Å². The molecule has 3 heterocycles. The van der Waals surface area contributed by atoms with E-state index in [1.54, 1.807) is 6.20 Å². The molecule has 7 nitrogen and oxygen atoms in total. The van der Waals surface area contributed by atoms with E-state index in [-0.39, 0.29) is 11.9 Å². The van der Waals surface area contributed by atoms with Crippen LogP contribution in [0.3, 0.4) is 0 Å². The molecular formula is C26H27N5O2. The van der Waals surface area contributed by atoms with E-state index in [9.17, 15) is 4.79 Å². The molecule has 1 aliphatic heterocycles. The molecule has 0 unspecified atom stereocenters. The molecule has 0 radical (unpaired) electrons. The number of aryl methyl sites for hydroxylation is 3. The molecule has 1 amide bonds. The number of hydrogen-bond donors (Lipinski definition) is 2. The second-order valence-corrected chi connectivity index (χ2v) is 8.42. The molecule has 1 aliphatic rings. The Balaban J connectivity index is 1.39. The first-order valence-corrected chi connectivity index (χ1v) is 11.2. The van der Waals surface area contributed by atoms with E-state index in [0.717, 1.165) is 64.2 Å². The van der Waals surface area contributed by atoms with Crippen LogP contribution in [0.4, 0.5) is 0 Å². The Morgan fingerprint density at radius 3 is 2.73 bits per heavy atom. The van der Waals surface area contributed by atoms with E-state index in [4.69, 9.17) is 4.74 Å². The lowest BCUT2D eigenvalue weighted by Gasteiger charge is -2.28. The monoisotopic (exact) mass is 441 g/mol. The molecule has 0 atom stereocenters. The molecule has 2 N–H and O–H groups in total. The van der Waals surface area contributed by atoms with Gasteiger partial charge in [0.05, 0.1) is 22.9 Å². The fourth-order valence-electron chi connectivity index (χ4n) is 4.17. The lowest BCUT2D eigenvalue weighted by Crippen LogP contribution is -2.57. The zero-order valence-corrected chi connectivity index (χ0v) is 19.1. The van der Waals surface area contributed by atoms with Gasteiger partial charge in [0.15, 0.2) is 0 Å². The van der Waals surface area contributed by atoms with Gasteiger partial charge in [-0.2, -0.15) is 5.10 Å². The summed E-state index contributed by atoms with van der Waals surface area (Å²) in [6.45, 7) is 5.71. The first kappa shape index (κ1) is 21.2. The van der Waals surface area contributed by atoms with E-state index >= 15 is 0 Å². The highest BCUT2D eigenvalue weighted by Crippen LogP contribution is 2.30. The number of fused-ring (bicyclic) bond motifs is 1. The zero-order chi connectivity index (χ0) is 22.9. The number of ether oxygens (including phenoxy) is 1. The molecular weight excluding hydrogens is 414 g/mol. The number of pyridine rings is 1. The Labute approximate surface area is 192 Å². The third-order valence-corrected chi connectivity index (χ3v) is 6.12. The van der Waals surface area contributed by atoms with Crippen LogP contribution in [0.5, 0.6) is 11.5 Å². The summed E-state index contributed by atoms with van der Waals surface area (Å²) in [6, 6.07) is 15.9. The van der Waals surface area contributed by atoms with Crippen molar-refractivity contribution in [2.75, 3.05) is 13.1 Å². The highest BCUT2D eigenvalue weighted by atomic mass is 16.5. The molecule has 33 heavy (non-hydrogen) atoms. The Kier molecular flexibility index (Phi) is 5.56. The predicted molar refractivity (Wildman–Crippen MR) is 129 cm³/mol. The van der Waals surface area contributed by atoms with Crippen molar-refractivity contribution in [2.24, 2.45) is 7.05 Å². The second-order valence-electron chi connectivity index (χ2n) is 8.42. The van der Waals surface area contributed by atoms with Crippen LogP contribution >= 0.6 is 0 Å². The maximum Gasteiger partial charge on any atom is 0.251 e. The van der Waals surface area contributed by atoms with E-state index in [1.807, 2.05) is 67.2 Å². The smallest absolute Gasteiger partial charge is 0.251 e. The Morgan fingerprint density at radius 2 is 1.97 bits per heavy atom. The van der Waals surface area contributed by atoms with Crippen LogP contribution in [0.2, 0.25) is 0 Å². The van der Waals surface area contributed by atoms with Crippen LogP contribution in [0, 0.1) is 6.92 Å². The van der Waals surface area contributed by atoms with Crippen molar-refractivity contribution in [1.82, 2.24) is 25.4 Å². The molecule has 2 aromatic carbocycles. The fraction of sp³-hybridized carbons (Fsp3) is 0.269. The SMILES string of the molecule is CCc1cc(-c2cc(Oc3ccc4c(c3)c(C)nn4C)ccn2)ccc1C(=O)NC1CNC1. The molecule has 0 saturated carbocycles. The molecule has 1 saturated heterocycles. The van der Waals surface area contributed by atoms with E-state index in [0.29, 0.717) is 5.75 Å². The minimum atomic E-state index is -0.0176. The largest absolute Gasteiger partial charge is 0.457 e. The van der Waals surface area contributed by atoms with E-state index < -0.39 is 0 Å². The summed E-state index contributed by atoms with van der Waals surface area (Å²) < 4.78 is 8.02. The summed E-state index contributed by atoms with van der Waals surface area (Å²) in [5.41, 5.74) is 5.52. The van der Waals surface area contributed by atoms with Gasteiger partial charge in [-0.3, -0.25) is 14.5 Å². The number of aromatic nitrogens is 3. The van der Waals surface area contributed by atoms with Crippen LogP contribution in [-0.4, -0.2) is 39.8 Å². The molecule has 2 aromatic heterocycles. The lowest BCUT2D eigenvalue weighted by molar-refractivity contribution is 0.0923. The average Bonchev–Trinajstić information content (AvgIpc) is 3.08. The summed E-state index contributed by atoms with van der Waals surface area (Å²) in [5.74, 6) is 1.44. The van der Waals surface area contributed by atoms with E-state index in [2.05, 4.69) is 27.6 Å². The van der Waals surface area contributed by atoms with E-state index in [1.165, 1.54) is 0 Å². The molecule has 168 valence electrons. The highest BCUT2D eigenvalue weighted by Gasteiger charge is 2.21. The van der Waals surface area contributed by atoms with Crippen LogP contribution in [0.1, 0.15) is 28.5 Å². The van der Waals surface area contributed by atoms with Gasteiger partial charge in [0.1, 0.15) is 11.5 Å². The van der Waals surface area contributed by atoms with Gasteiger partial charge in [-0.15, -0.1) is 0 Å². The number of amides is 1.